The maximum absolute atomic E-state index is 5.66. The van der Waals surface area contributed by atoms with Crippen LogP contribution < -0.4 is 9.80 Å². The third-order valence-electron chi connectivity index (χ3n) is 11.7. The van der Waals surface area contributed by atoms with Gasteiger partial charge in [0.2, 0.25) is 0 Å². The van der Waals surface area contributed by atoms with Crippen LogP contribution in [0.15, 0.2) is 249 Å². The van der Waals surface area contributed by atoms with Gasteiger partial charge in [-0.15, -0.1) is 6.42 Å². The molecule has 0 bridgehead atoms. The minimum Gasteiger partial charge on any atom is -0.317 e. The van der Waals surface area contributed by atoms with E-state index in [1.54, 1.807) is 6.08 Å². The summed E-state index contributed by atoms with van der Waals surface area (Å²) in [6, 6.07) is 75.7. The fourth-order valence-electron chi connectivity index (χ4n) is 8.51. The summed E-state index contributed by atoms with van der Waals surface area (Å²) in [5.41, 5.74) is 15.6. The predicted molar refractivity (Wildman–Crippen MR) is 266 cm³/mol. The van der Waals surface area contributed by atoms with Crippen molar-refractivity contribution in [1.82, 2.24) is 9.13 Å². The SMILES string of the molecule is C#C/C=C\C(=C/C)N(c1ccc(-c2ccc(-c3ccc(N(c4ccccc4)c4ccc(-n5ccc6ccccc65)cc4)cc3)cc2)cc1)c1ccc(-n2ccc3ccccc32)cc1. The summed E-state index contributed by atoms with van der Waals surface area (Å²) >= 11 is 0. The van der Waals surface area contributed by atoms with Gasteiger partial charge >= 0.3 is 0 Å². The lowest BCUT2D eigenvalue weighted by atomic mass is 9.99. The van der Waals surface area contributed by atoms with Crippen LogP contribution in [-0.4, -0.2) is 9.13 Å². The Morgan fingerprint density at radius 3 is 1.27 bits per heavy atom. The smallest absolute Gasteiger partial charge is 0.0528 e. The van der Waals surface area contributed by atoms with E-state index in [1.807, 2.05) is 13.0 Å². The van der Waals surface area contributed by atoms with Crippen LogP contribution in [0.3, 0.4) is 0 Å². The Labute approximate surface area is 369 Å². The maximum Gasteiger partial charge on any atom is 0.0528 e. The van der Waals surface area contributed by atoms with E-state index in [9.17, 15) is 0 Å². The first-order valence-electron chi connectivity index (χ1n) is 21.2. The molecule has 0 N–H and O–H groups in total. The van der Waals surface area contributed by atoms with Crippen LogP contribution in [0, 0.1) is 12.3 Å². The molecular formula is C59H44N4. The second-order valence-electron chi connectivity index (χ2n) is 15.4. The molecular weight excluding hydrogens is 765 g/mol. The zero-order valence-corrected chi connectivity index (χ0v) is 35.0. The van der Waals surface area contributed by atoms with Gasteiger partial charge in [0.15, 0.2) is 0 Å². The minimum absolute atomic E-state index is 0.988. The molecule has 2 heterocycles. The zero-order valence-electron chi connectivity index (χ0n) is 35.0. The van der Waals surface area contributed by atoms with Gasteiger partial charge in [-0.3, -0.25) is 0 Å². The number of anilines is 5. The molecule has 0 saturated carbocycles. The Bertz CT molecular complexity index is 3250. The van der Waals surface area contributed by atoms with Crippen molar-refractivity contribution in [2.75, 3.05) is 9.80 Å². The molecule has 0 unspecified atom stereocenters. The zero-order chi connectivity index (χ0) is 42.5. The largest absolute Gasteiger partial charge is 0.317 e. The standard InChI is InChI=1S/C59H44N4/c1-3-5-15-50(4-2)62(56-36-32-51(33-37-56)60-42-40-48-13-9-11-18-58(48)60)54-28-24-46(25-29-54)44-20-22-45(23-21-44)47-26-30-55(31-27-47)63(53-16-7-6-8-17-53)57-38-34-52(35-39-57)61-43-41-49-14-10-12-19-59(49)61/h1,4-43H,2H3/b15-5-,50-4+. The number of hydrogen-bond acceptors (Lipinski definition) is 2. The average Bonchev–Trinajstić information content (AvgIpc) is 3.99. The number of nitrogens with zero attached hydrogens (tertiary/aromatic N) is 4. The van der Waals surface area contributed by atoms with Crippen molar-refractivity contribution in [1.29, 1.82) is 0 Å². The lowest BCUT2D eigenvalue weighted by molar-refractivity contribution is 1.12. The second-order valence-corrected chi connectivity index (χ2v) is 15.4. The quantitative estimate of drug-likeness (QED) is 0.0956. The van der Waals surface area contributed by atoms with E-state index in [0.29, 0.717) is 0 Å². The summed E-state index contributed by atoms with van der Waals surface area (Å²) in [7, 11) is 0. The normalized spacial score (nSPS) is 11.6. The lowest BCUT2D eigenvalue weighted by Crippen LogP contribution is -2.15. The maximum atomic E-state index is 5.66. The Kier molecular flexibility index (Phi) is 10.6. The second kappa shape index (κ2) is 17.2. The summed E-state index contributed by atoms with van der Waals surface area (Å²) in [5, 5.41) is 2.45. The number of benzene rings is 8. The molecule has 0 atom stereocenters. The Morgan fingerprint density at radius 1 is 0.429 bits per heavy atom. The molecule has 0 aliphatic heterocycles. The highest BCUT2D eigenvalue weighted by Crippen LogP contribution is 2.38. The molecule has 0 radical (unpaired) electrons. The summed E-state index contributed by atoms with van der Waals surface area (Å²) in [6.07, 6.45) is 15.7. The fourth-order valence-corrected chi connectivity index (χ4v) is 8.51. The van der Waals surface area contributed by atoms with Crippen molar-refractivity contribution in [3.63, 3.8) is 0 Å². The lowest BCUT2D eigenvalue weighted by Gasteiger charge is -2.27. The van der Waals surface area contributed by atoms with Gasteiger partial charge < -0.3 is 18.9 Å². The number of para-hydroxylation sites is 3. The fraction of sp³-hybridized carbons (Fsp3) is 0.0169. The van der Waals surface area contributed by atoms with E-state index in [1.165, 1.54) is 21.8 Å². The number of fused-ring (bicyclic) bond motifs is 2. The van der Waals surface area contributed by atoms with Gasteiger partial charge in [-0.2, -0.15) is 0 Å². The van der Waals surface area contributed by atoms with Crippen molar-refractivity contribution < 1.29 is 0 Å². The molecule has 63 heavy (non-hydrogen) atoms. The molecule has 0 spiro atoms. The topological polar surface area (TPSA) is 16.3 Å². The van der Waals surface area contributed by atoms with Crippen molar-refractivity contribution in [2.24, 2.45) is 0 Å². The van der Waals surface area contributed by atoms with E-state index >= 15 is 0 Å². The third kappa shape index (κ3) is 7.72. The van der Waals surface area contributed by atoms with Crippen LogP contribution in [0.1, 0.15) is 6.92 Å². The Balaban J connectivity index is 0.885. The van der Waals surface area contributed by atoms with Gasteiger partial charge in [-0.1, -0.05) is 115 Å². The number of rotatable bonds is 11. The van der Waals surface area contributed by atoms with Gasteiger partial charge in [-0.05, 0) is 161 Å². The molecule has 2 aromatic heterocycles. The van der Waals surface area contributed by atoms with E-state index < -0.39 is 0 Å². The molecule has 0 aliphatic carbocycles. The highest BCUT2D eigenvalue weighted by Gasteiger charge is 2.16. The minimum atomic E-state index is 0.988. The summed E-state index contributed by atoms with van der Waals surface area (Å²) < 4.78 is 4.46. The van der Waals surface area contributed by atoms with E-state index in [-0.39, 0.29) is 0 Å². The highest BCUT2D eigenvalue weighted by molar-refractivity contribution is 5.84. The van der Waals surface area contributed by atoms with Gasteiger partial charge in [0.1, 0.15) is 0 Å². The molecule has 10 aromatic rings. The molecule has 10 rings (SSSR count). The highest BCUT2D eigenvalue weighted by atomic mass is 15.2. The Hall–Kier alpha value is -8.52. The van der Waals surface area contributed by atoms with E-state index in [0.717, 1.165) is 67.8 Å². The number of aromatic nitrogens is 2. The van der Waals surface area contributed by atoms with Crippen LogP contribution in [0.4, 0.5) is 28.4 Å². The molecule has 0 fully saturated rings. The van der Waals surface area contributed by atoms with Crippen molar-refractivity contribution in [3.05, 3.63) is 249 Å². The van der Waals surface area contributed by atoms with Crippen LogP contribution in [0.25, 0.3) is 55.4 Å². The number of allylic oxidation sites excluding steroid dienone is 3. The van der Waals surface area contributed by atoms with E-state index in [4.69, 9.17) is 6.42 Å². The molecule has 300 valence electrons. The molecule has 0 aliphatic rings. The summed E-state index contributed by atoms with van der Waals surface area (Å²) in [6.45, 7) is 2.04. The number of terminal acetylenes is 1. The van der Waals surface area contributed by atoms with Crippen molar-refractivity contribution >= 4 is 50.2 Å². The van der Waals surface area contributed by atoms with Crippen LogP contribution >= 0.6 is 0 Å². The number of hydrogen-bond donors (Lipinski definition) is 0. The van der Waals surface area contributed by atoms with Gasteiger partial charge in [0.25, 0.3) is 0 Å². The predicted octanol–water partition coefficient (Wildman–Crippen LogP) is 15.6. The molecule has 4 heteroatoms. The first-order chi connectivity index (χ1) is 31.1. The average molecular weight is 809 g/mol. The summed E-state index contributed by atoms with van der Waals surface area (Å²) in [5.74, 6) is 2.66. The van der Waals surface area contributed by atoms with Crippen molar-refractivity contribution in [2.45, 2.75) is 6.92 Å². The first kappa shape index (κ1) is 38.7. The molecule has 8 aromatic carbocycles. The van der Waals surface area contributed by atoms with Crippen LogP contribution in [0.5, 0.6) is 0 Å². The monoisotopic (exact) mass is 808 g/mol. The molecule has 0 amide bonds. The van der Waals surface area contributed by atoms with E-state index in [2.05, 4.69) is 256 Å². The van der Waals surface area contributed by atoms with Gasteiger partial charge in [0, 0.05) is 57.9 Å². The third-order valence-corrected chi connectivity index (χ3v) is 11.7. The summed E-state index contributed by atoms with van der Waals surface area (Å²) in [4.78, 5) is 4.54. The molecule has 4 nitrogen and oxygen atoms in total. The van der Waals surface area contributed by atoms with Gasteiger partial charge in [-0.25, -0.2) is 0 Å². The van der Waals surface area contributed by atoms with Crippen molar-refractivity contribution in [3.8, 4) is 46.0 Å². The van der Waals surface area contributed by atoms with Gasteiger partial charge in [0.05, 0.1) is 11.0 Å². The van der Waals surface area contributed by atoms with Crippen LogP contribution in [0.2, 0.25) is 0 Å². The van der Waals surface area contributed by atoms with Crippen LogP contribution in [-0.2, 0) is 0 Å². The molecule has 0 saturated heterocycles. The Morgan fingerprint density at radius 2 is 0.810 bits per heavy atom. The first-order valence-corrected chi connectivity index (χ1v) is 21.2.